The summed E-state index contributed by atoms with van der Waals surface area (Å²) < 4.78 is 16.5. The van der Waals surface area contributed by atoms with Crippen LogP contribution < -0.4 is 10.8 Å². The van der Waals surface area contributed by atoms with Gasteiger partial charge in [-0.25, -0.2) is 10.3 Å². The topological polar surface area (TPSA) is 114 Å². The molecule has 0 aromatic heterocycles. The van der Waals surface area contributed by atoms with E-state index in [0.717, 1.165) is 5.56 Å². The summed E-state index contributed by atoms with van der Waals surface area (Å²) in [5.74, 6) is -0.373. The van der Waals surface area contributed by atoms with Gasteiger partial charge in [0.25, 0.3) is 0 Å². The second-order valence-electron chi connectivity index (χ2n) is 4.96. The van der Waals surface area contributed by atoms with Crippen molar-refractivity contribution in [2.45, 2.75) is 32.9 Å². The molecule has 0 aliphatic carbocycles. The van der Waals surface area contributed by atoms with Crippen LogP contribution in [-0.2, 0) is 25.3 Å². The van der Waals surface area contributed by atoms with Crippen molar-refractivity contribution in [2.24, 2.45) is 0 Å². The Balaban J connectivity index is 2.51. The number of carbonyl (C=O) groups excluding carboxylic acids is 2. The maximum Gasteiger partial charge on any atom is 0.339 e. The number of amides is 2. The van der Waals surface area contributed by atoms with Gasteiger partial charge >= 0.3 is 13.6 Å². The molecule has 24 heavy (non-hydrogen) atoms. The van der Waals surface area contributed by atoms with Crippen molar-refractivity contribution in [1.29, 1.82) is 0 Å². The summed E-state index contributed by atoms with van der Waals surface area (Å²) in [6.45, 7) is 3.35. The zero-order chi connectivity index (χ0) is 18.0. The predicted molar refractivity (Wildman–Crippen MR) is 88.3 cm³/mol. The van der Waals surface area contributed by atoms with Gasteiger partial charge in [0, 0.05) is 6.42 Å². The molecule has 0 heterocycles. The van der Waals surface area contributed by atoms with Crippen LogP contribution in [0.2, 0.25) is 0 Å². The van der Waals surface area contributed by atoms with Crippen LogP contribution in [0, 0.1) is 0 Å². The van der Waals surface area contributed by atoms with E-state index in [9.17, 15) is 19.0 Å². The molecule has 1 unspecified atom stereocenters. The largest absolute Gasteiger partial charge is 0.339 e. The molecule has 0 saturated carbocycles. The third-order valence-electron chi connectivity index (χ3n) is 3.03. The molecule has 0 spiro atoms. The normalized spacial score (nSPS) is 14.5. The molecule has 1 aromatic rings. The van der Waals surface area contributed by atoms with Crippen molar-refractivity contribution in [3.63, 3.8) is 0 Å². The first-order valence-corrected chi connectivity index (χ1v) is 9.35. The molecule has 8 nitrogen and oxygen atoms in total. The van der Waals surface area contributed by atoms with Crippen LogP contribution in [0.25, 0.3) is 0 Å². The highest BCUT2D eigenvalue weighted by Gasteiger charge is 2.30. The Morgan fingerprint density at radius 1 is 1.25 bits per heavy atom. The molecule has 2 atom stereocenters. The number of carbonyl (C=O) groups is 2. The SMILES string of the molecule is CCOP(=O)(O)C[C@@H](NC(=O)NOCc1ccccc1)C(=O)CC. The predicted octanol–water partition coefficient (Wildman–Crippen LogP) is 1.99. The first-order valence-electron chi connectivity index (χ1n) is 7.59. The second-order valence-corrected chi connectivity index (χ2v) is 6.86. The molecule has 9 heteroatoms. The number of Topliss-reactive ketones (excluding diaryl/α,β-unsaturated/α-hetero) is 1. The summed E-state index contributed by atoms with van der Waals surface area (Å²) in [5.41, 5.74) is 3.00. The van der Waals surface area contributed by atoms with E-state index in [1.165, 1.54) is 0 Å². The quantitative estimate of drug-likeness (QED) is 0.435. The number of rotatable bonds is 10. The Morgan fingerprint density at radius 2 is 1.92 bits per heavy atom. The van der Waals surface area contributed by atoms with Crippen molar-refractivity contribution in [3.05, 3.63) is 35.9 Å². The van der Waals surface area contributed by atoms with E-state index in [0.29, 0.717) is 0 Å². The lowest BCUT2D eigenvalue weighted by atomic mass is 10.2. The fraction of sp³-hybridized carbons (Fsp3) is 0.467. The molecule has 3 N–H and O–H groups in total. The van der Waals surface area contributed by atoms with Crippen molar-refractivity contribution in [1.82, 2.24) is 10.8 Å². The fourth-order valence-electron chi connectivity index (χ4n) is 1.91. The van der Waals surface area contributed by atoms with Gasteiger partial charge in [-0.2, -0.15) is 0 Å². The van der Waals surface area contributed by atoms with Gasteiger partial charge in [0.2, 0.25) is 0 Å². The Hall–Kier alpha value is -1.73. The molecule has 0 saturated heterocycles. The maximum absolute atomic E-state index is 11.9. The van der Waals surface area contributed by atoms with E-state index in [1.807, 2.05) is 30.3 Å². The van der Waals surface area contributed by atoms with Crippen LogP contribution in [0.1, 0.15) is 25.8 Å². The maximum atomic E-state index is 11.9. The number of hydrogen-bond donors (Lipinski definition) is 3. The molecule has 2 amide bonds. The van der Waals surface area contributed by atoms with E-state index in [4.69, 9.17) is 9.36 Å². The van der Waals surface area contributed by atoms with Crippen molar-refractivity contribution in [2.75, 3.05) is 12.8 Å². The number of hydrogen-bond acceptors (Lipinski definition) is 5. The molecule has 134 valence electrons. The molecular weight excluding hydrogens is 335 g/mol. The summed E-state index contributed by atoms with van der Waals surface area (Å²) in [7, 11) is -3.95. The first-order chi connectivity index (χ1) is 11.4. The highest BCUT2D eigenvalue weighted by molar-refractivity contribution is 7.52. The number of hydroxylamine groups is 1. The lowest BCUT2D eigenvalue weighted by molar-refractivity contribution is -0.120. The zero-order valence-corrected chi connectivity index (χ0v) is 14.6. The number of nitrogens with one attached hydrogen (secondary N) is 2. The van der Waals surface area contributed by atoms with Crippen LogP contribution in [-0.4, -0.2) is 35.5 Å². The van der Waals surface area contributed by atoms with Crippen LogP contribution in [0.3, 0.4) is 0 Å². The summed E-state index contributed by atoms with van der Waals surface area (Å²) in [6, 6.07) is 7.28. The van der Waals surface area contributed by atoms with Gasteiger partial charge in [-0.1, -0.05) is 37.3 Å². The summed E-state index contributed by atoms with van der Waals surface area (Å²) in [5, 5.41) is 2.33. The summed E-state index contributed by atoms with van der Waals surface area (Å²) >= 11 is 0. The zero-order valence-electron chi connectivity index (χ0n) is 13.7. The minimum absolute atomic E-state index is 0.0349. The van der Waals surface area contributed by atoms with E-state index >= 15 is 0 Å². The Bertz CT molecular complexity index is 581. The van der Waals surface area contributed by atoms with Crippen molar-refractivity contribution in [3.8, 4) is 0 Å². The summed E-state index contributed by atoms with van der Waals surface area (Å²) in [6.07, 6.45) is -0.373. The van der Waals surface area contributed by atoms with Gasteiger partial charge in [-0.15, -0.1) is 0 Å². The van der Waals surface area contributed by atoms with Crippen molar-refractivity contribution >= 4 is 19.4 Å². The van der Waals surface area contributed by atoms with Crippen molar-refractivity contribution < 1.29 is 28.4 Å². The van der Waals surface area contributed by atoms with Crippen LogP contribution in [0.15, 0.2) is 30.3 Å². The molecule has 0 bridgehead atoms. The molecule has 1 rings (SSSR count). The fourth-order valence-corrected chi connectivity index (χ4v) is 3.17. The van der Waals surface area contributed by atoms with Gasteiger partial charge in [-0.3, -0.25) is 14.2 Å². The number of ketones is 1. The van der Waals surface area contributed by atoms with Crippen LogP contribution in [0.5, 0.6) is 0 Å². The second kappa shape index (κ2) is 10.2. The lowest BCUT2D eigenvalue weighted by Crippen LogP contribution is -2.47. The number of benzene rings is 1. The van der Waals surface area contributed by atoms with Gasteiger partial charge in [0.05, 0.1) is 19.4 Å². The Labute approximate surface area is 141 Å². The smallest absolute Gasteiger partial charge is 0.326 e. The third kappa shape index (κ3) is 7.70. The molecule has 0 radical (unpaired) electrons. The minimum atomic E-state index is -3.95. The molecule has 0 aliphatic heterocycles. The van der Waals surface area contributed by atoms with Crippen LogP contribution in [0.4, 0.5) is 4.79 Å². The van der Waals surface area contributed by atoms with Gasteiger partial charge in [-0.05, 0) is 12.5 Å². The average molecular weight is 358 g/mol. The van der Waals surface area contributed by atoms with E-state index in [-0.39, 0.29) is 25.4 Å². The standard InChI is InChI=1S/C15H23N2O6P/c1-3-14(18)13(11-24(20,21)23-4-2)16-15(19)17-22-10-12-8-6-5-7-9-12/h5-9,13H,3-4,10-11H2,1-2H3,(H,20,21)(H2,16,17,19)/t13-/m1/s1. The lowest BCUT2D eigenvalue weighted by Gasteiger charge is -2.20. The highest BCUT2D eigenvalue weighted by atomic mass is 31.2. The molecular formula is C15H23N2O6P. The Kier molecular flexibility index (Phi) is 8.63. The minimum Gasteiger partial charge on any atom is -0.326 e. The van der Waals surface area contributed by atoms with E-state index in [2.05, 4.69) is 10.8 Å². The van der Waals surface area contributed by atoms with E-state index < -0.39 is 25.8 Å². The summed E-state index contributed by atoms with van der Waals surface area (Å²) in [4.78, 5) is 38.3. The average Bonchev–Trinajstić information content (AvgIpc) is 2.54. The first kappa shape index (κ1) is 20.3. The third-order valence-corrected chi connectivity index (χ3v) is 4.52. The monoisotopic (exact) mass is 358 g/mol. The Morgan fingerprint density at radius 3 is 2.50 bits per heavy atom. The van der Waals surface area contributed by atoms with Gasteiger partial charge in [0.15, 0.2) is 5.78 Å². The molecule has 0 fully saturated rings. The highest BCUT2D eigenvalue weighted by Crippen LogP contribution is 2.42. The van der Waals surface area contributed by atoms with Gasteiger partial charge < -0.3 is 14.7 Å². The van der Waals surface area contributed by atoms with Gasteiger partial charge in [0.1, 0.15) is 6.04 Å². The number of urea groups is 1. The van der Waals surface area contributed by atoms with Crippen LogP contribution >= 0.6 is 7.60 Å². The molecule has 1 aromatic carbocycles. The molecule has 0 aliphatic rings. The van der Waals surface area contributed by atoms with E-state index in [1.54, 1.807) is 13.8 Å².